The molecule has 0 saturated heterocycles. The lowest BCUT2D eigenvalue weighted by atomic mass is 10.2. The van der Waals surface area contributed by atoms with Gasteiger partial charge in [-0.25, -0.2) is 8.78 Å². The third-order valence-corrected chi connectivity index (χ3v) is 2.42. The Balaban J connectivity index is 3.09. The Morgan fingerprint density at radius 2 is 2.07 bits per heavy atom. The lowest BCUT2D eigenvalue weighted by molar-refractivity contribution is 0.0951. The minimum atomic E-state index is -0.839. The van der Waals surface area contributed by atoms with Crippen molar-refractivity contribution in [2.24, 2.45) is 0 Å². The van der Waals surface area contributed by atoms with Crippen LogP contribution in [-0.4, -0.2) is 12.5 Å². The third-order valence-electron chi connectivity index (χ3n) is 1.59. The maximum absolute atomic E-state index is 13.1. The summed E-state index contributed by atoms with van der Waals surface area (Å²) in [6.45, 7) is 2.14. The topological polar surface area (TPSA) is 29.1 Å². The largest absolute Gasteiger partial charge is 0.352 e. The predicted molar refractivity (Wildman–Crippen MR) is 57.1 cm³/mol. The summed E-state index contributed by atoms with van der Waals surface area (Å²) in [6, 6.07) is 1.91. The van der Waals surface area contributed by atoms with E-state index in [1.54, 1.807) is 29.5 Å². The summed E-state index contributed by atoms with van der Waals surface area (Å²) in [6.07, 6.45) is 0. The molecule has 76 valence electrons. The maximum Gasteiger partial charge on any atom is 0.254 e. The fourth-order valence-electron chi connectivity index (χ4n) is 0.952. The van der Waals surface area contributed by atoms with Crippen molar-refractivity contribution < 1.29 is 13.6 Å². The van der Waals surface area contributed by atoms with Crippen molar-refractivity contribution in [3.8, 4) is 0 Å². The van der Waals surface area contributed by atoms with E-state index < -0.39 is 17.5 Å². The Hall–Kier alpha value is -0.720. The quantitative estimate of drug-likeness (QED) is 0.659. The average molecular weight is 311 g/mol. The smallest absolute Gasteiger partial charge is 0.254 e. The summed E-state index contributed by atoms with van der Waals surface area (Å²) in [5.41, 5.74) is -0.127. The molecule has 0 spiro atoms. The first-order valence-electron chi connectivity index (χ1n) is 3.99. The van der Waals surface area contributed by atoms with Crippen LogP contribution in [0.3, 0.4) is 0 Å². The van der Waals surface area contributed by atoms with Gasteiger partial charge in [0.1, 0.15) is 11.6 Å². The van der Waals surface area contributed by atoms with Gasteiger partial charge < -0.3 is 5.32 Å². The number of hydrogen-bond acceptors (Lipinski definition) is 1. The Morgan fingerprint density at radius 3 is 2.64 bits per heavy atom. The van der Waals surface area contributed by atoms with Crippen LogP contribution in [0.15, 0.2) is 12.1 Å². The molecular weight excluding hydrogens is 303 g/mol. The zero-order valence-corrected chi connectivity index (χ0v) is 9.56. The molecule has 0 heterocycles. The highest BCUT2D eigenvalue weighted by molar-refractivity contribution is 14.1. The number of amides is 1. The van der Waals surface area contributed by atoms with E-state index in [1.807, 2.05) is 0 Å². The summed E-state index contributed by atoms with van der Waals surface area (Å²) in [7, 11) is 0. The molecule has 14 heavy (non-hydrogen) atoms. The van der Waals surface area contributed by atoms with Gasteiger partial charge in [-0.2, -0.15) is 0 Å². The van der Waals surface area contributed by atoms with Crippen LogP contribution in [0.4, 0.5) is 8.78 Å². The van der Waals surface area contributed by atoms with Crippen molar-refractivity contribution in [2.45, 2.75) is 6.92 Å². The monoisotopic (exact) mass is 311 g/mol. The maximum atomic E-state index is 13.1. The van der Waals surface area contributed by atoms with Crippen molar-refractivity contribution in [1.82, 2.24) is 5.32 Å². The summed E-state index contributed by atoms with van der Waals surface area (Å²) in [4.78, 5) is 11.3. The van der Waals surface area contributed by atoms with E-state index in [2.05, 4.69) is 5.32 Å². The van der Waals surface area contributed by atoms with Gasteiger partial charge in [0, 0.05) is 16.2 Å². The van der Waals surface area contributed by atoms with E-state index in [-0.39, 0.29) is 9.13 Å². The fraction of sp³-hybridized carbons (Fsp3) is 0.222. The molecule has 0 aliphatic rings. The molecule has 0 aromatic heterocycles. The van der Waals surface area contributed by atoms with Gasteiger partial charge in [-0.1, -0.05) is 0 Å². The molecule has 2 nitrogen and oxygen atoms in total. The van der Waals surface area contributed by atoms with Crippen LogP contribution < -0.4 is 5.32 Å². The van der Waals surface area contributed by atoms with Gasteiger partial charge in [-0.05, 0) is 35.6 Å². The molecular formula is C9H8F2INO. The van der Waals surface area contributed by atoms with E-state index in [4.69, 9.17) is 0 Å². The van der Waals surface area contributed by atoms with Crippen LogP contribution >= 0.6 is 22.6 Å². The highest BCUT2D eigenvalue weighted by atomic mass is 127. The molecule has 1 amide bonds. The molecule has 1 aromatic rings. The number of benzene rings is 1. The minimum absolute atomic E-state index is 0.127. The van der Waals surface area contributed by atoms with E-state index >= 15 is 0 Å². The molecule has 0 atom stereocenters. The van der Waals surface area contributed by atoms with Gasteiger partial charge in [0.25, 0.3) is 5.91 Å². The zero-order chi connectivity index (χ0) is 10.7. The van der Waals surface area contributed by atoms with Crippen LogP contribution in [0.1, 0.15) is 17.3 Å². The van der Waals surface area contributed by atoms with Crippen LogP contribution in [-0.2, 0) is 0 Å². The van der Waals surface area contributed by atoms with E-state index in [1.165, 1.54) is 6.07 Å². The molecule has 5 heteroatoms. The highest BCUT2D eigenvalue weighted by Gasteiger charge is 2.13. The van der Waals surface area contributed by atoms with Gasteiger partial charge >= 0.3 is 0 Å². The fourth-order valence-corrected chi connectivity index (χ4v) is 1.42. The molecule has 1 rings (SSSR count). The number of carbonyl (C=O) groups excluding carboxylic acids is 1. The summed E-state index contributed by atoms with van der Waals surface area (Å²) in [5, 5.41) is 2.44. The summed E-state index contributed by atoms with van der Waals surface area (Å²) >= 11 is 1.71. The Labute approximate surface area is 93.8 Å². The average Bonchev–Trinajstić information content (AvgIpc) is 2.11. The van der Waals surface area contributed by atoms with E-state index in [9.17, 15) is 13.6 Å². The molecule has 0 saturated carbocycles. The summed E-state index contributed by atoms with van der Waals surface area (Å²) < 4.78 is 26.2. The molecule has 0 unspecified atom stereocenters. The van der Waals surface area contributed by atoms with Crippen molar-refractivity contribution in [1.29, 1.82) is 0 Å². The van der Waals surface area contributed by atoms with Crippen LogP contribution in [0.25, 0.3) is 0 Å². The van der Waals surface area contributed by atoms with Crippen molar-refractivity contribution in [2.75, 3.05) is 6.54 Å². The number of rotatable bonds is 2. The number of nitrogens with one attached hydrogen (secondary N) is 1. The number of carbonyl (C=O) groups is 1. The van der Waals surface area contributed by atoms with Crippen molar-refractivity contribution in [3.05, 3.63) is 32.9 Å². The SMILES string of the molecule is CCNC(=O)c1cc(I)c(F)cc1F. The second-order valence-corrected chi connectivity index (χ2v) is 3.77. The van der Waals surface area contributed by atoms with Crippen molar-refractivity contribution in [3.63, 3.8) is 0 Å². The van der Waals surface area contributed by atoms with Crippen molar-refractivity contribution >= 4 is 28.5 Å². The number of hydrogen-bond donors (Lipinski definition) is 1. The zero-order valence-electron chi connectivity index (χ0n) is 7.40. The van der Waals surface area contributed by atoms with Gasteiger partial charge in [0.05, 0.1) is 5.56 Å². The standard InChI is InChI=1S/C9H8F2INO/c1-2-13-9(14)5-3-8(12)7(11)4-6(5)10/h3-4H,2H2,1H3,(H,13,14). The first-order valence-corrected chi connectivity index (χ1v) is 5.07. The van der Waals surface area contributed by atoms with Gasteiger partial charge in [-0.15, -0.1) is 0 Å². The second kappa shape index (κ2) is 4.68. The Bertz CT molecular complexity index is 368. The first-order chi connectivity index (χ1) is 6.56. The Morgan fingerprint density at radius 1 is 1.43 bits per heavy atom. The highest BCUT2D eigenvalue weighted by Crippen LogP contribution is 2.16. The molecule has 0 aliphatic carbocycles. The normalized spacial score (nSPS) is 10.0. The van der Waals surface area contributed by atoms with Gasteiger partial charge in [-0.3, -0.25) is 4.79 Å². The lowest BCUT2D eigenvalue weighted by Gasteiger charge is -2.04. The van der Waals surface area contributed by atoms with Gasteiger partial charge in [0.2, 0.25) is 0 Å². The molecule has 0 bridgehead atoms. The van der Waals surface area contributed by atoms with Crippen LogP contribution in [0.5, 0.6) is 0 Å². The molecule has 0 aliphatic heterocycles. The summed E-state index contributed by atoms with van der Waals surface area (Å²) in [5.74, 6) is -2.02. The minimum Gasteiger partial charge on any atom is -0.352 e. The van der Waals surface area contributed by atoms with E-state index in [0.717, 1.165) is 0 Å². The molecule has 0 fully saturated rings. The van der Waals surface area contributed by atoms with E-state index in [0.29, 0.717) is 12.6 Å². The number of halogens is 3. The van der Waals surface area contributed by atoms with Crippen LogP contribution in [0, 0.1) is 15.2 Å². The first kappa shape index (κ1) is 11.4. The molecule has 1 aromatic carbocycles. The van der Waals surface area contributed by atoms with Gasteiger partial charge in [0.15, 0.2) is 0 Å². The molecule has 0 radical (unpaired) electrons. The molecule has 1 N–H and O–H groups in total. The lowest BCUT2D eigenvalue weighted by Crippen LogP contribution is -2.24. The Kier molecular flexibility index (Phi) is 3.79. The predicted octanol–water partition coefficient (Wildman–Crippen LogP) is 2.32. The third kappa shape index (κ3) is 2.40. The van der Waals surface area contributed by atoms with Crippen LogP contribution in [0.2, 0.25) is 0 Å². The second-order valence-electron chi connectivity index (χ2n) is 2.61.